The highest BCUT2D eigenvalue weighted by molar-refractivity contribution is 4.92. The quantitative estimate of drug-likeness (QED) is 0.800. The highest BCUT2D eigenvalue weighted by Crippen LogP contribution is 2.40. The molecule has 1 aliphatic heterocycles. The first-order valence-electron chi connectivity index (χ1n) is 7.08. The molecule has 94 valence electrons. The molecule has 1 heterocycles. The smallest absolute Gasteiger partial charge is 0.0722 e. The Morgan fingerprint density at radius 3 is 2.69 bits per heavy atom. The van der Waals surface area contributed by atoms with Gasteiger partial charge in [-0.3, -0.25) is 0 Å². The predicted octanol–water partition coefficient (Wildman–Crippen LogP) is 3.28. The fraction of sp³-hybridized carbons (Fsp3) is 1.00. The molecule has 2 atom stereocenters. The number of aliphatic hydroxyl groups is 1. The van der Waals surface area contributed by atoms with Gasteiger partial charge in [-0.25, -0.2) is 0 Å². The maximum atomic E-state index is 10.8. The summed E-state index contributed by atoms with van der Waals surface area (Å²) in [5.41, 5.74) is -0.404. The van der Waals surface area contributed by atoms with Gasteiger partial charge in [-0.15, -0.1) is 0 Å². The van der Waals surface area contributed by atoms with E-state index in [1.807, 2.05) is 0 Å². The molecule has 0 amide bonds. The first-order chi connectivity index (χ1) is 7.74. The van der Waals surface area contributed by atoms with Crippen LogP contribution in [0.3, 0.4) is 0 Å². The normalized spacial score (nSPS) is 37.5. The lowest BCUT2D eigenvalue weighted by Gasteiger charge is -2.43. The standard InChI is InChI=1S/C14H26O2/c1-2-6-13-11-14(15,9-10-16-13)12-7-4-3-5-8-12/h12-13,15H,2-11H2,1H3. The van der Waals surface area contributed by atoms with Crippen LogP contribution in [-0.2, 0) is 4.74 Å². The van der Waals surface area contributed by atoms with E-state index in [0.717, 1.165) is 32.3 Å². The van der Waals surface area contributed by atoms with E-state index in [4.69, 9.17) is 4.74 Å². The van der Waals surface area contributed by atoms with Gasteiger partial charge in [-0.2, -0.15) is 0 Å². The van der Waals surface area contributed by atoms with Gasteiger partial charge in [-0.1, -0.05) is 32.6 Å². The summed E-state index contributed by atoms with van der Waals surface area (Å²) in [4.78, 5) is 0. The first-order valence-corrected chi connectivity index (χ1v) is 7.08. The third-order valence-electron chi connectivity index (χ3n) is 4.45. The van der Waals surface area contributed by atoms with E-state index < -0.39 is 5.60 Å². The van der Waals surface area contributed by atoms with Crippen LogP contribution in [0.5, 0.6) is 0 Å². The van der Waals surface area contributed by atoms with Crippen molar-refractivity contribution in [2.24, 2.45) is 5.92 Å². The number of rotatable bonds is 3. The fourth-order valence-corrected chi connectivity index (χ4v) is 3.48. The zero-order valence-electron chi connectivity index (χ0n) is 10.6. The summed E-state index contributed by atoms with van der Waals surface area (Å²) < 4.78 is 5.74. The molecule has 1 saturated carbocycles. The van der Waals surface area contributed by atoms with Crippen molar-refractivity contribution in [2.45, 2.75) is 76.4 Å². The fourth-order valence-electron chi connectivity index (χ4n) is 3.48. The molecule has 16 heavy (non-hydrogen) atoms. The lowest BCUT2D eigenvalue weighted by atomic mass is 9.71. The summed E-state index contributed by atoms with van der Waals surface area (Å²) in [6.07, 6.45) is 10.8. The van der Waals surface area contributed by atoms with Crippen molar-refractivity contribution < 1.29 is 9.84 Å². The van der Waals surface area contributed by atoms with Gasteiger partial charge in [0.05, 0.1) is 11.7 Å². The van der Waals surface area contributed by atoms with E-state index in [2.05, 4.69) is 6.92 Å². The average Bonchev–Trinajstić information content (AvgIpc) is 2.31. The lowest BCUT2D eigenvalue weighted by molar-refractivity contribution is -0.139. The highest BCUT2D eigenvalue weighted by Gasteiger charge is 2.41. The molecule has 1 N–H and O–H groups in total. The number of hydrogen-bond donors (Lipinski definition) is 1. The van der Waals surface area contributed by atoms with Gasteiger partial charge in [0, 0.05) is 13.0 Å². The van der Waals surface area contributed by atoms with Crippen LogP contribution >= 0.6 is 0 Å². The number of ether oxygens (including phenoxy) is 1. The van der Waals surface area contributed by atoms with Crippen LogP contribution in [0.15, 0.2) is 0 Å². The van der Waals surface area contributed by atoms with Gasteiger partial charge in [0.2, 0.25) is 0 Å². The average molecular weight is 226 g/mol. The Bertz CT molecular complexity index is 209. The van der Waals surface area contributed by atoms with E-state index in [-0.39, 0.29) is 0 Å². The van der Waals surface area contributed by atoms with Gasteiger partial charge in [-0.05, 0) is 31.6 Å². The summed E-state index contributed by atoms with van der Waals surface area (Å²) >= 11 is 0. The van der Waals surface area contributed by atoms with Crippen LogP contribution in [0.25, 0.3) is 0 Å². The van der Waals surface area contributed by atoms with E-state index >= 15 is 0 Å². The minimum atomic E-state index is -0.404. The summed E-state index contributed by atoms with van der Waals surface area (Å²) in [6.45, 7) is 2.95. The van der Waals surface area contributed by atoms with Crippen LogP contribution in [0.2, 0.25) is 0 Å². The van der Waals surface area contributed by atoms with Crippen LogP contribution in [0, 0.1) is 5.92 Å². The molecule has 0 bridgehead atoms. The Balaban J connectivity index is 1.93. The minimum absolute atomic E-state index is 0.311. The van der Waals surface area contributed by atoms with E-state index in [1.54, 1.807) is 0 Å². The molecule has 2 aliphatic rings. The summed E-state index contributed by atoms with van der Waals surface area (Å²) in [5, 5.41) is 10.8. The lowest BCUT2D eigenvalue weighted by Crippen LogP contribution is -2.47. The second-order valence-corrected chi connectivity index (χ2v) is 5.67. The van der Waals surface area contributed by atoms with Crippen molar-refractivity contribution in [1.29, 1.82) is 0 Å². The monoisotopic (exact) mass is 226 g/mol. The van der Waals surface area contributed by atoms with Crippen molar-refractivity contribution >= 4 is 0 Å². The Morgan fingerprint density at radius 2 is 2.00 bits per heavy atom. The van der Waals surface area contributed by atoms with Gasteiger partial charge < -0.3 is 9.84 Å². The molecule has 0 aromatic heterocycles. The molecule has 0 aromatic rings. The Morgan fingerprint density at radius 1 is 1.25 bits per heavy atom. The molecule has 0 aromatic carbocycles. The van der Waals surface area contributed by atoms with Crippen LogP contribution in [-0.4, -0.2) is 23.4 Å². The van der Waals surface area contributed by atoms with Gasteiger partial charge in [0.1, 0.15) is 0 Å². The summed E-state index contributed by atoms with van der Waals surface area (Å²) in [5.74, 6) is 0.546. The molecule has 1 saturated heterocycles. The molecule has 2 rings (SSSR count). The maximum absolute atomic E-state index is 10.8. The first kappa shape index (κ1) is 12.4. The SMILES string of the molecule is CCCC1CC(O)(C2CCCCC2)CCO1. The van der Waals surface area contributed by atoms with Gasteiger partial charge >= 0.3 is 0 Å². The van der Waals surface area contributed by atoms with Gasteiger partial charge in [0.25, 0.3) is 0 Å². The van der Waals surface area contributed by atoms with Gasteiger partial charge in [0.15, 0.2) is 0 Å². The molecular weight excluding hydrogens is 200 g/mol. The molecule has 2 nitrogen and oxygen atoms in total. The summed E-state index contributed by atoms with van der Waals surface area (Å²) in [6, 6.07) is 0. The third kappa shape index (κ3) is 2.78. The minimum Gasteiger partial charge on any atom is -0.389 e. The van der Waals surface area contributed by atoms with E-state index in [1.165, 1.54) is 32.1 Å². The topological polar surface area (TPSA) is 29.5 Å². The molecule has 2 fully saturated rings. The maximum Gasteiger partial charge on any atom is 0.0722 e. The molecule has 0 radical (unpaired) electrons. The van der Waals surface area contributed by atoms with Crippen molar-refractivity contribution in [2.75, 3.05) is 6.61 Å². The predicted molar refractivity (Wildman–Crippen MR) is 65.4 cm³/mol. The number of hydrogen-bond acceptors (Lipinski definition) is 2. The van der Waals surface area contributed by atoms with Crippen molar-refractivity contribution in [1.82, 2.24) is 0 Å². The van der Waals surface area contributed by atoms with Crippen molar-refractivity contribution in [3.8, 4) is 0 Å². The molecular formula is C14H26O2. The van der Waals surface area contributed by atoms with Crippen LogP contribution in [0.4, 0.5) is 0 Å². The zero-order valence-corrected chi connectivity index (χ0v) is 10.6. The van der Waals surface area contributed by atoms with Crippen LogP contribution < -0.4 is 0 Å². The second kappa shape index (κ2) is 5.50. The molecule has 2 heteroatoms. The van der Waals surface area contributed by atoms with Crippen molar-refractivity contribution in [3.63, 3.8) is 0 Å². The molecule has 1 aliphatic carbocycles. The highest BCUT2D eigenvalue weighted by atomic mass is 16.5. The Labute approximate surface area is 99.4 Å². The second-order valence-electron chi connectivity index (χ2n) is 5.67. The van der Waals surface area contributed by atoms with Crippen molar-refractivity contribution in [3.05, 3.63) is 0 Å². The Kier molecular flexibility index (Phi) is 4.26. The van der Waals surface area contributed by atoms with Crippen LogP contribution in [0.1, 0.15) is 64.7 Å². The Hall–Kier alpha value is -0.0800. The van der Waals surface area contributed by atoms with E-state index in [9.17, 15) is 5.11 Å². The van der Waals surface area contributed by atoms with E-state index in [0.29, 0.717) is 12.0 Å². The zero-order chi connectivity index (χ0) is 11.4. The largest absolute Gasteiger partial charge is 0.389 e. The molecule has 2 unspecified atom stereocenters. The third-order valence-corrected chi connectivity index (χ3v) is 4.45. The molecule has 0 spiro atoms. The summed E-state index contributed by atoms with van der Waals surface area (Å²) in [7, 11) is 0.